The molecule has 0 aromatic rings. The number of rotatable bonds is 3. The number of hydrogen-bond acceptors (Lipinski definition) is 0. The SMILES string of the molecule is C/C=C\C(=C/C(C)I)C1CC=CCC1. The summed E-state index contributed by atoms with van der Waals surface area (Å²) < 4.78 is 0.629. The Morgan fingerprint density at radius 3 is 2.79 bits per heavy atom. The monoisotopic (exact) mass is 302 g/mol. The number of alkyl halides is 1. The minimum atomic E-state index is 0.629. The summed E-state index contributed by atoms with van der Waals surface area (Å²) in [5.41, 5.74) is 1.53. The first-order valence-electron chi connectivity index (χ1n) is 5.37. The van der Waals surface area contributed by atoms with E-state index in [1.807, 2.05) is 0 Å². The molecule has 0 spiro atoms. The van der Waals surface area contributed by atoms with Crippen LogP contribution >= 0.6 is 22.6 Å². The fraction of sp³-hybridized carbons (Fsp3) is 0.538. The molecule has 0 N–H and O–H groups in total. The zero-order chi connectivity index (χ0) is 10.4. The summed E-state index contributed by atoms with van der Waals surface area (Å²) in [5, 5.41) is 0. The molecule has 0 aromatic carbocycles. The lowest BCUT2D eigenvalue weighted by Crippen LogP contribution is -2.06. The van der Waals surface area contributed by atoms with Gasteiger partial charge in [-0.25, -0.2) is 0 Å². The second-order valence-electron chi connectivity index (χ2n) is 3.83. The molecule has 0 saturated carbocycles. The lowest BCUT2D eigenvalue weighted by molar-refractivity contribution is 0.562. The minimum absolute atomic E-state index is 0.629. The van der Waals surface area contributed by atoms with Crippen LogP contribution in [0.15, 0.2) is 36.0 Å². The average molecular weight is 302 g/mol. The number of allylic oxidation sites excluding steroid dienone is 6. The van der Waals surface area contributed by atoms with Crippen LogP contribution in [0.4, 0.5) is 0 Å². The Bertz CT molecular complexity index is 246. The van der Waals surface area contributed by atoms with Crippen LogP contribution in [0.1, 0.15) is 33.1 Å². The maximum absolute atomic E-state index is 2.47. The molecule has 1 aliphatic rings. The van der Waals surface area contributed by atoms with Crippen LogP contribution in [0.3, 0.4) is 0 Å². The molecule has 0 aromatic heterocycles. The van der Waals surface area contributed by atoms with Gasteiger partial charge in [0, 0.05) is 3.92 Å². The summed E-state index contributed by atoms with van der Waals surface area (Å²) in [7, 11) is 0. The van der Waals surface area contributed by atoms with Crippen LogP contribution in [-0.4, -0.2) is 3.92 Å². The Labute approximate surface area is 101 Å². The van der Waals surface area contributed by atoms with Gasteiger partial charge >= 0.3 is 0 Å². The third-order valence-electron chi connectivity index (χ3n) is 2.52. The van der Waals surface area contributed by atoms with Crippen molar-refractivity contribution in [3.8, 4) is 0 Å². The maximum atomic E-state index is 2.47. The molecule has 0 amide bonds. The quantitative estimate of drug-likeness (QED) is 0.308. The zero-order valence-electron chi connectivity index (χ0n) is 9.04. The first kappa shape index (κ1) is 12.0. The van der Waals surface area contributed by atoms with Crippen LogP contribution in [0, 0.1) is 5.92 Å². The van der Waals surface area contributed by atoms with Gasteiger partial charge in [-0.2, -0.15) is 0 Å². The van der Waals surface area contributed by atoms with Gasteiger partial charge in [0.05, 0.1) is 0 Å². The topological polar surface area (TPSA) is 0 Å². The van der Waals surface area contributed by atoms with Gasteiger partial charge in [0.15, 0.2) is 0 Å². The smallest absolute Gasteiger partial charge is 0.0266 e. The summed E-state index contributed by atoms with van der Waals surface area (Å²) in [4.78, 5) is 0. The van der Waals surface area contributed by atoms with E-state index in [4.69, 9.17) is 0 Å². The zero-order valence-corrected chi connectivity index (χ0v) is 11.2. The van der Waals surface area contributed by atoms with Gasteiger partial charge in [-0.1, -0.05) is 53.0 Å². The van der Waals surface area contributed by atoms with E-state index < -0.39 is 0 Å². The normalized spacial score (nSPS) is 25.6. The van der Waals surface area contributed by atoms with Gasteiger partial charge in [-0.15, -0.1) is 0 Å². The van der Waals surface area contributed by atoms with E-state index in [0.29, 0.717) is 3.92 Å². The Morgan fingerprint density at radius 1 is 1.50 bits per heavy atom. The number of hydrogen-bond donors (Lipinski definition) is 0. The van der Waals surface area contributed by atoms with Crippen LogP contribution in [0.25, 0.3) is 0 Å². The first-order valence-corrected chi connectivity index (χ1v) is 6.62. The van der Waals surface area contributed by atoms with Crippen molar-refractivity contribution in [2.24, 2.45) is 5.92 Å². The van der Waals surface area contributed by atoms with Crippen LogP contribution in [0.5, 0.6) is 0 Å². The predicted molar refractivity (Wildman–Crippen MR) is 72.9 cm³/mol. The highest BCUT2D eigenvalue weighted by Crippen LogP contribution is 2.27. The summed E-state index contributed by atoms with van der Waals surface area (Å²) in [6.45, 7) is 4.34. The van der Waals surface area contributed by atoms with Gasteiger partial charge in [0.2, 0.25) is 0 Å². The molecule has 0 fully saturated rings. The third-order valence-corrected chi connectivity index (χ3v) is 2.88. The van der Waals surface area contributed by atoms with Crippen LogP contribution in [-0.2, 0) is 0 Å². The van der Waals surface area contributed by atoms with Crippen molar-refractivity contribution in [1.82, 2.24) is 0 Å². The molecule has 1 rings (SSSR count). The standard InChI is InChI=1S/C13H19I/c1-3-7-13(10-11(2)14)12-8-5-4-6-9-12/h3-5,7,10-12H,6,8-9H2,1-2H3/b7-3-,13-10+. The van der Waals surface area contributed by atoms with Gasteiger partial charge in [0.1, 0.15) is 0 Å². The highest BCUT2D eigenvalue weighted by Gasteiger charge is 2.13. The molecule has 1 heteroatoms. The van der Waals surface area contributed by atoms with Gasteiger partial charge < -0.3 is 0 Å². The summed E-state index contributed by atoms with van der Waals surface area (Å²) in [6.07, 6.45) is 15.2. The van der Waals surface area contributed by atoms with E-state index in [2.05, 4.69) is 66.8 Å². The third kappa shape index (κ3) is 3.99. The molecule has 0 heterocycles. The Balaban J connectivity index is 2.71. The van der Waals surface area contributed by atoms with Gasteiger partial charge in [-0.3, -0.25) is 0 Å². The molecule has 1 aliphatic carbocycles. The second kappa shape index (κ2) is 6.44. The van der Waals surface area contributed by atoms with Crippen molar-refractivity contribution < 1.29 is 0 Å². The van der Waals surface area contributed by atoms with Crippen LogP contribution in [0.2, 0.25) is 0 Å². The van der Waals surface area contributed by atoms with E-state index >= 15 is 0 Å². The fourth-order valence-electron chi connectivity index (χ4n) is 1.88. The van der Waals surface area contributed by atoms with Crippen LogP contribution < -0.4 is 0 Å². The Morgan fingerprint density at radius 2 is 2.29 bits per heavy atom. The molecule has 0 saturated heterocycles. The van der Waals surface area contributed by atoms with E-state index in [-0.39, 0.29) is 0 Å². The summed E-state index contributed by atoms with van der Waals surface area (Å²) >= 11 is 2.47. The molecule has 2 atom stereocenters. The largest absolute Gasteiger partial charge is 0.0885 e. The molecule has 14 heavy (non-hydrogen) atoms. The van der Waals surface area contributed by atoms with Crippen molar-refractivity contribution in [1.29, 1.82) is 0 Å². The van der Waals surface area contributed by atoms with E-state index in [9.17, 15) is 0 Å². The lowest BCUT2D eigenvalue weighted by Gasteiger charge is -2.19. The molecular weight excluding hydrogens is 283 g/mol. The predicted octanol–water partition coefficient (Wildman–Crippen LogP) is 4.67. The van der Waals surface area contributed by atoms with E-state index in [1.54, 1.807) is 0 Å². The summed E-state index contributed by atoms with van der Waals surface area (Å²) in [5.74, 6) is 0.758. The highest BCUT2D eigenvalue weighted by atomic mass is 127. The molecule has 78 valence electrons. The second-order valence-corrected chi connectivity index (χ2v) is 5.79. The summed E-state index contributed by atoms with van der Waals surface area (Å²) in [6, 6.07) is 0. The van der Waals surface area contributed by atoms with Crippen molar-refractivity contribution in [2.45, 2.75) is 37.0 Å². The number of halogens is 1. The van der Waals surface area contributed by atoms with E-state index in [0.717, 1.165) is 5.92 Å². The molecule has 2 unspecified atom stereocenters. The van der Waals surface area contributed by atoms with Crippen molar-refractivity contribution >= 4 is 22.6 Å². The lowest BCUT2D eigenvalue weighted by atomic mass is 9.87. The minimum Gasteiger partial charge on any atom is -0.0885 e. The highest BCUT2D eigenvalue weighted by molar-refractivity contribution is 14.1. The first-order chi connectivity index (χ1) is 6.74. The Kier molecular flexibility index (Phi) is 5.53. The molecule has 0 radical (unpaired) electrons. The Hall–Kier alpha value is -0.0500. The average Bonchev–Trinajstić information content (AvgIpc) is 2.18. The van der Waals surface area contributed by atoms with Crippen molar-refractivity contribution in [2.75, 3.05) is 0 Å². The molecule has 0 bridgehead atoms. The molecule has 0 nitrogen and oxygen atoms in total. The van der Waals surface area contributed by atoms with Gasteiger partial charge in [-0.05, 0) is 44.6 Å². The van der Waals surface area contributed by atoms with Gasteiger partial charge in [0.25, 0.3) is 0 Å². The fourth-order valence-corrected chi connectivity index (χ4v) is 2.30. The molecular formula is C13H19I. The maximum Gasteiger partial charge on any atom is 0.0266 e. The molecule has 0 aliphatic heterocycles. The van der Waals surface area contributed by atoms with Crippen molar-refractivity contribution in [3.05, 3.63) is 36.0 Å². The van der Waals surface area contributed by atoms with E-state index in [1.165, 1.54) is 24.8 Å². The van der Waals surface area contributed by atoms with Crippen molar-refractivity contribution in [3.63, 3.8) is 0 Å².